The highest BCUT2D eigenvalue weighted by molar-refractivity contribution is 8.03. The number of benzene rings is 4. The summed E-state index contributed by atoms with van der Waals surface area (Å²) < 4.78 is 6.55. The second-order valence-electron chi connectivity index (χ2n) is 9.87. The number of para-hydroxylation sites is 1. The predicted molar refractivity (Wildman–Crippen MR) is 182 cm³/mol. The maximum Gasteiger partial charge on any atom is 0.234 e. The molecule has 0 spiro atoms. The number of allylic oxidation sites excluding steroid dienone is 2. The molecule has 0 radical (unpaired) electrons. The van der Waals surface area contributed by atoms with E-state index in [-0.39, 0.29) is 11.7 Å². The predicted octanol–water partition coefficient (Wildman–Crippen LogP) is 8.71. The Morgan fingerprint density at radius 3 is 2.48 bits per heavy atom. The molecule has 1 aliphatic heterocycles. The Bertz CT molecular complexity index is 1900. The SMILES string of the molecule is CCOc1ccc(NC(=O)CSC2=C(C#N)[C@H](c3ccccc3Cl)C(c3nc4ccccc4s3)=C(c3ccccc3)N2)cc1. The fraction of sp³-hybridized carbons (Fsp3) is 0.114. The molecule has 0 aliphatic carbocycles. The summed E-state index contributed by atoms with van der Waals surface area (Å²) in [6, 6.07) is 35.3. The summed E-state index contributed by atoms with van der Waals surface area (Å²) in [5, 5.41) is 19.1. The highest BCUT2D eigenvalue weighted by Crippen LogP contribution is 2.50. The van der Waals surface area contributed by atoms with Gasteiger partial charge in [-0.2, -0.15) is 5.26 Å². The molecule has 2 N–H and O–H groups in total. The van der Waals surface area contributed by atoms with Gasteiger partial charge < -0.3 is 15.4 Å². The highest BCUT2D eigenvalue weighted by atomic mass is 35.5. The molecule has 1 aromatic heterocycles. The lowest BCUT2D eigenvalue weighted by Gasteiger charge is -2.31. The van der Waals surface area contributed by atoms with Crippen LogP contribution in [0.2, 0.25) is 5.02 Å². The first-order valence-corrected chi connectivity index (χ1v) is 16.2. The molecule has 0 fully saturated rings. The minimum atomic E-state index is -0.512. The third kappa shape index (κ3) is 6.22. The molecule has 0 bridgehead atoms. The van der Waals surface area contributed by atoms with E-state index in [2.05, 4.69) is 16.7 Å². The van der Waals surface area contributed by atoms with Crippen LogP contribution in [0.3, 0.4) is 0 Å². The molecule has 0 saturated carbocycles. The third-order valence-corrected chi connectivity index (χ3v) is 9.48. The molecule has 4 aromatic carbocycles. The number of aromatic nitrogens is 1. The number of fused-ring (bicyclic) bond motifs is 1. The second kappa shape index (κ2) is 13.4. The van der Waals surface area contributed by atoms with Crippen molar-refractivity contribution >= 4 is 67.8 Å². The van der Waals surface area contributed by atoms with Gasteiger partial charge >= 0.3 is 0 Å². The summed E-state index contributed by atoms with van der Waals surface area (Å²) in [7, 11) is 0. The second-order valence-corrected chi connectivity index (χ2v) is 12.3. The number of nitrogens with zero attached hydrogens (tertiary/aromatic N) is 2. The number of hydrogen-bond donors (Lipinski definition) is 2. The van der Waals surface area contributed by atoms with Gasteiger partial charge in [-0.15, -0.1) is 11.3 Å². The molecule has 218 valence electrons. The molecule has 6 rings (SSSR count). The van der Waals surface area contributed by atoms with Crippen molar-refractivity contribution < 1.29 is 9.53 Å². The van der Waals surface area contributed by atoms with E-state index in [1.165, 1.54) is 11.8 Å². The van der Waals surface area contributed by atoms with Crippen molar-refractivity contribution in [2.45, 2.75) is 12.8 Å². The van der Waals surface area contributed by atoms with Crippen molar-refractivity contribution in [3.63, 3.8) is 0 Å². The molecule has 9 heteroatoms. The molecule has 1 aliphatic rings. The van der Waals surface area contributed by atoms with Gasteiger partial charge in [0.25, 0.3) is 0 Å². The molecule has 5 aromatic rings. The number of carbonyl (C=O) groups is 1. The van der Waals surface area contributed by atoms with Gasteiger partial charge in [0.05, 0.1) is 50.9 Å². The van der Waals surface area contributed by atoms with E-state index in [9.17, 15) is 10.1 Å². The van der Waals surface area contributed by atoms with Crippen LogP contribution in [-0.2, 0) is 4.79 Å². The van der Waals surface area contributed by atoms with Gasteiger partial charge in [0, 0.05) is 16.3 Å². The van der Waals surface area contributed by atoms with Crippen molar-refractivity contribution in [3.05, 3.63) is 135 Å². The standard InChI is InChI=1S/C35H27ClN4O2S2/c1-2-42-24-18-16-23(17-19-24)38-30(41)21-43-34-26(20-37)31(25-12-6-7-13-27(25)36)32(33(40-34)22-10-4-3-5-11-22)35-39-28-14-8-9-15-29(28)44-35/h3-19,31,40H,2,21H2,1H3,(H,38,41)/t31-/m0/s1. The Labute approximate surface area is 269 Å². The molecular weight excluding hydrogens is 608 g/mol. The van der Waals surface area contributed by atoms with Crippen molar-refractivity contribution in [3.8, 4) is 11.8 Å². The average molecular weight is 635 g/mol. The maximum atomic E-state index is 13.1. The first-order chi connectivity index (χ1) is 21.6. The van der Waals surface area contributed by atoms with Gasteiger partial charge in [0.1, 0.15) is 10.8 Å². The van der Waals surface area contributed by atoms with Crippen LogP contribution in [0.1, 0.15) is 29.0 Å². The van der Waals surface area contributed by atoms with Gasteiger partial charge in [-0.3, -0.25) is 4.79 Å². The molecule has 1 atom stereocenters. The third-order valence-electron chi connectivity index (χ3n) is 7.05. The Morgan fingerprint density at radius 2 is 1.75 bits per heavy atom. The molecular formula is C35H27ClN4O2S2. The molecule has 44 heavy (non-hydrogen) atoms. The number of halogens is 1. The number of hydrogen-bond acceptors (Lipinski definition) is 7. The van der Waals surface area contributed by atoms with Crippen LogP contribution in [0, 0.1) is 11.3 Å². The number of rotatable bonds is 9. The zero-order chi connectivity index (χ0) is 30.5. The van der Waals surface area contributed by atoms with Crippen LogP contribution < -0.4 is 15.4 Å². The minimum Gasteiger partial charge on any atom is -0.494 e. The average Bonchev–Trinajstić information content (AvgIpc) is 3.49. The number of dihydropyridines is 1. The van der Waals surface area contributed by atoms with Gasteiger partial charge in [-0.05, 0) is 60.5 Å². The number of carbonyl (C=O) groups excluding carboxylic acids is 1. The number of ether oxygens (including phenoxy) is 1. The fourth-order valence-corrected chi connectivity index (χ4v) is 7.24. The van der Waals surface area contributed by atoms with E-state index in [4.69, 9.17) is 21.3 Å². The van der Waals surface area contributed by atoms with Crippen molar-refractivity contribution in [1.82, 2.24) is 10.3 Å². The van der Waals surface area contributed by atoms with E-state index < -0.39 is 5.92 Å². The van der Waals surface area contributed by atoms with Gasteiger partial charge in [0.15, 0.2) is 0 Å². The number of thioether (sulfide) groups is 1. The normalized spacial score (nSPS) is 14.7. The first kappa shape index (κ1) is 29.5. The minimum absolute atomic E-state index is 0.0918. The molecule has 0 saturated heterocycles. The molecule has 0 unspecified atom stereocenters. The summed E-state index contributed by atoms with van der Waals surface area (Å²) in [5.41, 5.74) is 5.46. The summed E-state index contributed by atoms with van der Waals surface area (Å²) >= 11 is 9.70. The van der Waals surface area contributed by atoms with Crippen LogP contribution in [0.5, 0.6) is 5.75 Å². The molecule has 1 amide bonds. The van der Waals surface area contributed by atoms with Crippen LogP contribution in [0.15, 0.2) is 114 Å². The summed E-state index contributed by atoms with van der Waals surface area (Å²) in [6.07, 6.45) is 0. The number of nitrogens with one attached hydrogen (secondary N) is 2. The van der Waals surface area contributed by atoms with Crippen LogP contribution in [-0.4, -0.2) is 23.3 Å². The van der Waals surface area contributed by atoms with E-state index in [1.54, 1.807) is 23.5 Å². The van der Waals surface area contributed by atoms with E-state index in [1.807, 2.05) is 97.9 Å². The number of amides is 1. The smallest absolute Gasteiger partial charge is 0.234 e. The Kier molecular flexibility index (Phi) is 8.99. The summed E-state index contributed by atoms with van der Waals surface area (Å²) in [5.74, 6) is 0.128. The lowest BCUT2D eigenvalue weighted by Crippen LogP contribution is -2.25. The monoisotopic (exact) mass is 634 g/mol. The van der Waals surface area contributed by atoms with Crippen molar-refractivity contribution in [2.75, 3.05) is 17.7 Å². The Morgan fingerprint density at radius 1 is 1.02 bits per heavy atom. The van der Waals surface area contributed by atoms with Crippen LogP contribution in [0.4, 0.5) is 5.69 Å². The van der Waals surface area contributed by atoms with E-state index in [0.717, 1.165) is 43.4 Å². The molecule has 6 nitrogen and oxygen atoms in total. The fourth-order valence-electron chi connectivity index (χ4n) is 5.10. The quantitative estimate of drug-likeness (QED) is 0.169. The summed E-state index contributed by atoms with van der Waals surface area (Å²) in [4.78, 5) is 18.1. The van der Waals surface area contributed by atoms with Gasteiger partial charge in [0.2, 0.25) is 5.91 Å². The zero-order valence-corrected chi connectivity index (χ0v) is 26.1. The molecule has 2 heterocycles. The Balaban J connectivity index is 1.41. The number of nitriles is 1. The maximum absolute atomic E-state index is 13.1. The van der Waals surface area contributed by atoms with Crippen LogP contribution >= 0.6 is 34.7 Å². The summed E-state index contributed by atoms with van der Waals surface area (Å²) in [6.45, 7) is 2.49. The lowest BCUT2D eigenvalue weighted by atomic mass is 9.81. The van der Waals surface area contributed by atoms with Crippen molar-refractivity contribution in [2.24, 2.45) is 0 Å². The number of anilines is 1. The highest BCUT2D eigenvalue weighted by Gasteiger charge is 2.36. The first-order valence-electron chi connectivity index (χ1n) is 14.0. The van der Waals surface area contributed by atoms with Gasteiger partial charge in [-0.1, -0.05) is 84.0 Å². The van der Waals surface area contributed by atoms with Crippen LogP contribution in [0.25, 0.3) is 21.5 Å². The zero-order valence-electron chi connectivity index (χ0n) is 23.7. The largest absolute Gasteiger partial charge is 0.494 e. The van der Waals surface area contributed by atoms with E-state index in [0.29, 0.717) is 27.9 Å². The van der Waals surface area contributed by atoms with E-state index >= 15 is 0 Å². The van der Waals surface area contributed by atoms with Gasteiger partial charge in [-0.25, -0.2) is 4.98 Å². The van der Waals surface area contributed by atoms with Crippen molar-refractivity contribution in [1.29, 1.82) is 5.26 Å². The lowest BCUT2D eigenvalue weighted by molar-refractivity contribution is -0.113. The topological polar surface area (TPSA) is 87.0 Å². The Hall–Kier alpha value is -4.55. The number of thiazole rings is 1.